The largest absolute Gasteiger partial charge is 0.508 e. The predicted octanol–water partition coefficient (Wildman–Crippen LogP) is 5.42. The van der Waals surface area contributed by atoms with E-state index in [1.54, 1.807) is 0 Å². The number of aliphatic hydroxyl groups is 1. The van der Waals surface area contributed by atoms with Gasteiger partial charge in [-0.3, -0.25) is 4.79 Å². The van der Waals surface area contributed by atoms with Gasteiger partial charge in [0.05, 0.1) is 9.91 Å². The standard InChI is InChI=1S/C20H19ClO3S/c1-3-11-10-12(15-6-7-16(21)25-15)4-5-13(11)17-18(22)14-8-9-20(2,24-14)19(17)23/h4-7,10,14,23H,3,8-9H2,1-2H3/t14-,20+/m0/s1. The molecule has 0 radical (unpaired) electrons. The summed E-state index contributed by atoms with van der Waals surface area (Å²) in [6.45, 7) is 3.92. The number of ketones is 1. The molecule has 1 aromatic heterocycles. The van der Waals surface area contributed by atoms with E-state index < -0.39 is 11.7 Å². The number of Topliss-reactive ketones (excluding diaryl/α,β-unsaturated/α-hetero) is 1. The summed E-state index contributed by atoms with van der Waals surface area (Å²) in [6.07, 6.45) is 1.67. The van der Waals surface area contributed by atoms with Gasteiger partial charge in [0.15, 0.2) is 5.78 Å². The van der Waals surface area contributed by atoms with Crippen molar-refractivity contribution in [2.24, 2.45) is 0 Å². The van der Waals surface area contributed by atoms with Crippen LogP contribution < -0.4 is 0 Å². The van der Waals surface area contributed by atoms with Crippen molar-refractivity contribution in [1.29, 1.82) is 0 Å². The fourth-order valence-corrected chi connectivity index (χ4v) is 4.79. The average Bonchev–Trinajstić information content (AvgIpc) is 3.19. The van der Waals surface area contributed by atoms with E-state index in [9.17, 15) is 9.90 Å². The van der Waals surface area contributed by atoms with Crippen LogP contribution in [0.2, 0.25) is 4.34 Å². The number of halogens is 1. The smallest absolute Gasteiger partial charge is 0.195 e. The average molecular weight is 375 g/mol. The third kappa shape index (κ3) is 2.64. The summed E-state index contributed by atoms with van der Waals surface area (Å²) in [5.74, 6) is -0.0260. The summed E-state index contributed by atoms with van der Waals surface area (Å²) in [5, 5.41) is 10.8. The lowest BCUT2D eigenvalue weighted by atomic mass is 9.87. The number of rotatable bonds is 3. The summed E-state index contributed by atoms with van der Waals surface area (Å²) in [6, 6.07) is 9.91. The molecule has 130 valence electrons. The van der Waals surface area contributed by atoms with Crippen LogP contribution in [0, 0.1) is 0 Å². The monoisotopic (exact) mass is 374 g/mol. The fraction of sp³-hybridized carbons (Fsp3) is 0.350. The van der Waals surface area contributed by atoms with E-state index in [2.05, 4.69) is 13.0 Å². The van der Waals surface area contributed by atoms with Crippen molar-refractivity contribution < 1.29 is 14.6 Å². The molecule has 1 N–H and O–H groups in total. The van der Waals surface area contributed by atoms with E-state index in [4.69, 9.17) is 16.3 Å². The zero-order chi connectivity index (χ0) is 17.8. The highest BCUT2D eigenvalue weighted by atomic mass is 35.5. The summed E-state index contributed by atoms with van der Waals surface area (Å²) >= 11 is 7.58. The first kappa shape index (κ1) is 16.8. The lowest BCUT2D eigenvalue weighted by Gasteiger charge is -2.31. The van der Waals surface area contributed by atoms with Gasteiger partial charge in [0.25, 0.3) is 0 Å². The fourth-order valence-electron chi connectivity index (χ4n) is 3.75. The van der Waals surface area contributed by atoms with E-state index >= 15 is 0 Å². The minimum atomic E-state index is -0.737. The molecule has 4 rings (SSSR count). The first-order valence-electron chi connectivity index (χ1n) is 8.47. The predicted molar refractivity (Wildman–Crippen MR) is 101 cm³/mol. The summed E-state index contributed by atoms with van der Waals surface area (Å²) < 4.78 is 6.51. The normalized spacial score (nSPS) is 25.7. The molecule has 3 heterocycles. The van der Waals surface area contributed by atoms with Crippen molar-refractivity contribution in [2.75, 3.05) is 0 Å². The Bertz CT molecular complexity index is 898. The zero-order valence-corrected chi connectivity index (χ0v) is 15.7. The SMILES string of the molecule is CCc1cc(-c2ccc(Cl)s2)ccc1C1=C(O)[C@@]2(C)CC[C@H](O2)C1=O. The van der Waals surface area contributed by atoms with Gasteiger partial charge in [0.1, 0.15) is 17.5 Å². The lowest BCUT2D eigenvalue weighted by Crippen LogP contribution is -2.37. The van der Waals surface area contributed by atoms with Gasteiger partial charge >= 0.3 is 0 Å². The summed E-state index contributed by atoms with van der Waals surface area (Å²) in [5.41, 5.74) is 2.63. The van der Waals surface area contributed by atoms with Crippen LogP contribution in [0.25, 0.3) is 16.0 Å². The van der Waals surface area contributed by atoms with E-state index in [1.165, 1.54) is 11.3 Å². The molecule has 25 heavy (non-hydrogen) atoms. The van der Waals surface area contributed by atoms with Crippen molar-refractivity contribution >= 4 is 34.3 Å². The molecule has 1 aromatic carbocycles. The van der Waals surface area contributed by atoms with Crippen molar-refractivity contribution in [1.82, 2.24) is 0 Å². The molecule has 0 unspecified atom stereocenters. The Hall–Kier alpha value is -1.62. The van der Waals surface area contributed by atoms with Crippen molar-refractivity contribution in [2.45, 2.75) is 44.8 Å². The number of fused-ring (bicyclic) bond motifs is 2. The van der Waals surface area contributed by atoms with E-state index in [1.807, 2.05) is 31.2 Å². The molecule has 0 amide bonds. The second-order valence-electron chi connectivity index (χ2n) is 6.79. The Morgan fingerprint density at radius 2 is 2.16 bits per heavy atom. The molecule has 0 spiro atoms. The van der Waals surface area contributed by atoms with Gasteiger partial charge in [0.2, 0.25) is 0 Å². The second-order valence-corrected chi connectivity index (χ2v) is 8.51. The molecular formula is C20H19ClO3S. The molecule has 2 aliphatic rings. The first-order valence-corrected chi connectivity index (χ1v) is 9.67. The van der Waals surface area contributed by atoms with Crippen LogP contribution in [-0.2, 0) is 16.0 Å². The summed E-state index contributed by atoms with van der Waals surface area (Å²) in [4.78, 5) is 13.9. The molecule has 1 saturated heterocycles. The molecule has 2 atom stereocenters. The first-order chi connectivity index (χ1) is 11.9. The second kappa shape index (κ2) is 5.97. The number of carbonyl (C=O) groups is 1. The van der Waals surface area contributed by atoms with E-state index in [-0.39, 0.29) is 11.5 Å². The Morgan fingerprint density at radius 3 is 2.84 bits per heavy atom. The Morgan fingerprint density at radius 1 is 1.36 bits per heavy atom. The molecule has 2 bridgehead atoms. The molecule has 5 heteroatoms. The third-order valence-corrected chi connectivity index (χ3v) is 6.46. The molecule has 1 fully saturated rings. The van der Waals surface area contributed by atoms with Crippen LogP contribution in [0.3, 0.4) is 0 Å². The highest BCUT2D eigenvalue weighted by Crippen LogP contribution is 2.45. The number of benzene rings is 1. The number of aliphatic hydroxyl groups excluding tert-OH is 1. The van der Waals surface area contributed by atoms with Gasteiger partial charge in [-0.25, -0.2) is 0 Å². The van der Waals surface area contributed by atoms with E-state index in [0.29, 0.717) is 18.4 Å². The van der Waals surface area contributed by atoms with E-state index in [0.717, 1.165) is 32.3 Å². The van der Waals surface area contributed by atoms with Gasteiger partial charge < -0.3 is 9.84 Å². The molecule has 0 aliphatic carbocycles. The molecular weight excluding hydrogens is 356 g/mol. The van der Waals surface area contributed by atoms with Crippen LogP contribution >= 0.6 is 22.9 Å². The Balaban J connectivity index is 1.84. The van der Waals surface area contributed by atoms with Crippen LogP contribution in [0.15, 0.2) is 36.1 Å². The highest BCUT2D eigenvalue weighted by molar-refractivity contribution is 7.19. The highest BCUT2D eigenvalue weighted by Gasteiger charge is 2.50. The van der Waals surface area contributed by atoms with Gasteiger partial charge in [-0.2, -0.15) is 0 Å². The van der Waals surface area contributed by atoms with Crippen molar-refractivity contribution in [3.63, 3.8) is 0 Å². The Kier molecular flexibility index (Phi) is 4.02. The van der Waals surface area contributed by atoms with Crippen LogP contribution in [-0.4, -0.2) is 22.6 Å². The lowest BCUT2D eigenvalue weighted by molar-refractivity contribution is -0.130. The molecule has 2 aliphatic heterocycles. The Labute approximate surface area is 155 Å². The maximum absolute atomic E-state index is 12.8. The number of ether oxygens (including phenoxy) is 1. The quantitative estimate of drug-likeness (QED) is 0.780. The molecule has 2 aromatic rings. The molecule has 0 saturated carbocycles. The van der Waals surface area contributed by atoms with Crippen molar-refractivity contribution in [3.05, 3.63) is 51.6 Å². The molecule has 3 nitrogen and oxygen atoms in total. The van der Waals surface area contributed by atoms with Gasteiger partial charge in [0, 0.05) is 4.88 Å². The maximum Gasteiger partial charge on any atom is 0.195 e. The zero-order valence-electron chi connectivity index (χ0n) is 14.1. The third-order valence-electron chi connectivity index (χ3n) is 5.18. The number of aryl methyl sites for hydroxylation is 1. The summed E-state index contributed by atoms with van der Waals surface area (Å²) in [7, 11) is 0. The number of hydrogen-bond donors (Lipinski definition) is 1. The number of thiophene rings is 1. The maximum atomic E-state index is 12.8. The van der Waals surface area contributed by atoms with Crippen molar-refractivity contribution in [3.8, 4) is 10.4 Å². The van der Waals surface area contributed by atoms with Crippen LogP contribution in [0.1, 0.15) is 37.8 Å². The van der Waals surface area contributed by atoms with Gasteiger partial charge in [-0.05, 0) is 61.1 Å². The van der Waals surface area contributed by atoms with Gasteiger partial charge in [-0.1, -0.05) is 30.7 Å². The topological polar surface area (TPSA) is 46.5 Å². The van der Waals surface area contributed by atoms with Gasteiger partial charge in [-0.15, -0.1) is 11.3 Å². The minimum absolute atomic E-state index is 0.0767. The van der Waals surface area contributed by atoms with Crippen LogP contribution in [0.5, 0.6) is 0 Å². The minimum Gasteiger partial charge on any atom is -0.508 e. The number of carbonyl (C=O) groups excluding carboxylic acids is 1. The number of hydrogen-bond acceptors (Lipinski definition) is 4. The van der Waals surface area contributed by atoms with Crippen LogP contribution in [0.4, 0.5) is 0 Å².